The van der Waals surface area contributed by atoms with Crippen molar-refractivity contribution in [2.45, 2.75) is 37.4 Å². The summed E-state index contributed by atoms with van der Waals surface area (Å²) in [7, 11) is 0. The normalized spacial score (nSPS) is 21.0. The summed E-state index contributed by atoms with van der Waals surface area (Å²) >= 11 is 0. The van der Waals surface area contributed by atoms with Crippen molar-refractivity contribution in [1.82, 2.24) is 10.6 Å². The first-order chi connectivity index (χ1) is 10.9. The van der Waals surface area contributed by atoms with E-state index in [9.17, 15) is 18.0 Å². The summed E-state index contributed by atoms with van der Waals surface area (Å²) in [5.74, 6) is -0.599. The lowest BCUT2D eigenvalue weighted by atomic mass is 9.90. The van der Waals surface area contributed by atoms with E-state index in [0.717, 1.165) is 18.9 Å². The van der Waals surface area contributed by atoms with Crippen LogP contribution in [0.4, 0.5) is 13.2 Å². The number of nitriles is 1. The van der Waals surface area contributed by atoms with Crippen molar-refractivity contribution in [2.24, 2.45) is 0 Å². The van der Waals surface area contributed by atoms with Gasteiger partial charge in [-0.3, -0.25) is 4.79 Å². The average molecular weight is 325 g/mol. The Hall–Kier alpha value is -2.07. The van der Waals surface area contributed by atoms with Crippen molar-refractivity contribution in [3.63, 3.8) is 0 Å². The number of carbonyl (C=O) groups is 1. The molecule has 0 heterocycles. The lowest BCUT2D eigenvalue weighted by Gasteiger charge is -2.24. The molecule has 4 nitrogen and oxygen atoms in total. The summed E-state index contributed by atoms with van der Waals surface area (Å²) in [4.78, 5) is 11.5. The van der Waals surface area contributed by atoms with Crippen LogP contribution in [0.25, 0.3) is 0 Å². The molecule has 1 aromatic carbocycles. The van der Waals surface area contributed by atoms with Crippen LogP contribution < -0.4 is 10.6 Å². The van der Waals surface area contributed by atoms with Gasteiger partial charge in [0.2, 0.25) is 5.91 Å². The maximum atomic E-state index is 13.2. The number of amides is 1. The SMILES string of the molecule is N#CCNC(=O)CN[C@H]1CCC[C@@H]1c1ccccc1C(F)(F)F. The minimum atomic E-state index is -4.38. The molecule has 0 spiro atoms. The average Bonchev–Trinajstić information content (AvgIpc) is 2.98. The Bertz CT molecular complexity index is 595. The summed E-state index contributed by atoms with van der Waals surface area (Å²) in [6, 6.07) is 7.24. The largest absolute Gasteiger partial charge is 0.416 e. The zero-order valence-electron chi connectivity index (χ0n) is 12.5. The Morgan fingerprint density at radius 1 is 1.30 bits per heavy atom. The molecule has 0 saturated heterocycles. The summed E-state index contributed by atoms with van der Waals surface area (Å²) in [6.45, 7) is -0.0808. The molecule has 1 saturated carbocycles. The molecule has 2 atom stereocenters. The third-order valence-electron chi connectivity index (χ3n) is 4.07. The van der Waals surface area contributed by atoms with E-state index in [2.05, 4.69) is 10.6 Å². The van der Waals surface area contributed by atoms with Gasteiger partial charge in [-0.2, -0.15) is 18.4 Å². The van der Waals surface area contributed by atoms with Crippen molar-refractivity contribution < 1.29 is 18.0 Å². The van der Waals surface area contributed by atoms with Crippen molar-refractivity contribution in [2.75, 3.05) is 13.1 Å². The van der Waals surface area contributed by atoms with E-state index in [1.54, 1.807) is 12.1 Å². The Balaban J connectivity index is 2.08. The molecular weight excluding hydrogens is 307 g/mol. The molecule has 2 N–H and O–H groups in total. The molecule has 0 aromatic heterocycles. The fourth-order valence-electron chi connectivity index (χ4n) is 3.08. The van der Waals surface area contributed by atoms with E-state index in [1.807, 2.05) is 0 Å². The van der Waals surface area contributed by atoms with Crippen LogP contribution in [0.1, 0.15) is 36.3 Å². The molecule has 1 aromatic rings. The molecule has 124 valence electrons. The number of halogens is 3. The second-order valence-corrected chi connectivity index (χ2v) is 5.54. The third kappa shape index (κ3) is 4.45. The van der Waals surface area contributed by atoms with Crippen LogP contribution in [0.5, 0.6) is 0 Å². The van der Waals surface area contributed by atoms with E-state index in [-0.39, 0.29) is 36.5 Å². The molecule has 0 bridgehead atoms. The molecule has 2 rings (SSSR count). The van der Waals surface area contributed by atoms with Gasteiger partial charge in [0.15, 0.2) is 0 Å². The number of carbonyl (C=O) groups excluding carboxylic acids is 1. The van der Waals surface area contributed by atoms with Crippen molar-refractivity contribution in [1.29, 1.82) is 5.26 Å². The number of alkyl halides is 3. The van der Waals surface area contributed by atoms with E-state index in [4.69, 9.17) is 5.26 Å². The van der Waals surface area contributed by atoms with Gasteiger partial charge in [-0.25, -0.2) is 0 Å². The molecule has 23 heavy (non-hydrogen) atoms. The van der Waals surface area contributed by atoms with Gasteiger partial charge in [-0.1, -0.05) is 24.6 Å². The highest BCUT2D eigenvalue weighted by Gasteiger charge is 2.38. The summed E-state index contributed by atoms with van der Waals surface area (Å²) in [5.41, 5.74) is -0.319. The van der Waals surface area contributed by atoms with Gasteiger partial charge in [0.25, 0.3) is 0 Å². The Kier molecular flexibility index (Phi) is 5.61. The van der Waals surface area contributed by atoms with Gasteiger partial charge in [-0.15, -0.1) is 0 Å². The Morgan fingerprint density at radius 3 is 2.74 bits per heavy atom. The number of nitrogens with one attached hydrogen (secondary N) is 2. The second-order valence-electron chi connectivity index (χ2n) is 5.54. The molecule has 1 fully saturated rings. The monoisotopic (exact) mass is 325 g/mol. The number of hydrogen-bond donors (Lipinski definition) is 2. The topological polar surface area (TPSA) is 64.9 Å². The van der Waals surface area contributed by atoms with Crippen molar-refractivity contribution in [3.8, 4) is 6.07 Å². The van der Waals surface area contributed by atoms with E-state index < -0.39 is 11.7 Å². The molecule has 0 unspecified atom stereocenters. The van der Waals surface area contributed by atoms with Crippen LogP contribution in [0, 0.1) is 11.3 Å². The molecule has 1 amide bonds. The summed E-state index contributed by atoms with van der Waals surface area (Å²) in [5, 5.41) is 13.8. The van der Waals surface area contributed by atoms with Crippen LogP contribution in [-0.4, -0.2) is 25.0 Å². The standard InChI is InChI=1S/C16H18F3N3O/c17-16(18,19)13-6-2-1-4-11(13)12-5-3-7-14(12)22-10-15(23)21-9-8-20/h1-2,4,6,12,14,22H,3,5,7,9-10H2,(H,21,23)/t12-,14+/m1/s1. The zero-order chi connectivity index (χ0) is 16.9. The third-order valence-corrected chi connectivity index (χ3v) is 4.07. The molecular formula is C16H18F3N3O. The molecule has 0 radical (unpaired) electrons. The second kappa shape index (κ2) is 7.47. The van der Waals surface area contributed by atoms with Gasteiger partial charge in [0.1, 0.15) is 6.54 Å². The first-order valence-electron chi connectivity index (χ1n) is 7.46. The fourth-order valence-corrected chi connectivity index (χ4v) is 3.08. The lowest BCUT2D eigenvalue weighted by molar-refractivity contribution is -0.138. The predicted octanol–water partition coefficient (Wildman–Crippen LogP) is 2.57. The molecule has 1 aliphatic rings. The first-order valence-corrected chi connectivity index (χ1v) is 7.46. The number of rotatable bonds is 5. The first kappa shape index (κ1) is 17.3. The van der Waals surface area contributed by atoms with Crippen LogP contribution >= 0.6 is 0 Å². The van der Waals surface area contributed by atoms with Crippen LogP contribution in [0.2, 0.25) is 0 Å². The lowest BCUT2D eigenvalue weighted by Crippen LogP contribution is -2.40. The van der Waals surface area contributed by atoms with Gasteiger partial charge < -0.3 is 10.6 Å². The number of benzene rings is 1. The maximum absolute atomic E-state index is 13.2. The van der Waals surface area contributed by atoms with Crippen molar-refractivity contribution in [3.05, 3.63) is 35.4 Å². The maximum Gasteiger partial charge on any atom is 0.416 e. The van der Waals surface area contributed by atoms with Gasteiger partial charge >= 0.3 is 6.18 Å². The Morgan fingerprint density at radius 2 is 2.04 bits per heavy atom. The number of nitrogens with zero attached hydrogens (tertiary/aromatic N) is 1. The smallest absolute Gasteiger partial charge is 0.342 e. The molecule has 1 aliphatic carbocycles. The van der Waals surface area contributed by atoms with Gasteiger partial charge in [-0.05, 0) is 30.4 Å². The highest BCUT2D eigenvalue weighted by atomic mass is 19.4. The highest BCUT2D eigenvalue weighted by molar-refractivity contribution is 5.78. The highest BCUT2D eigenvalue weighted by Crippen LogP contribution is 2.41. The van der Waals surface area contributed by atoms with Crippen LogP contribution in [0.3, 0.4) is 0 Å². The fraction of sp³-hybridized carbons (Fsp3) is 0.500. The summed E-state index contributed by atoms with van der Waals surface area (Å²) < 4.78 is 39.5. The van der Waals surface area contributed by atoms with Crippen molar-refractivity contribution >= 4 is 5.91 Å². The minimum absolute atomic E-state index is 0.00295. The van der Waals surface area contributed by atoms with Crippen LogP contribution in [0.15, 0.2) is 24.3 Å². The minimum Gasteiger partial charge on any atom is -0.342 e. The van der Waals surface area contributed by atoms with Gasteiger partial charge in [0.05, 0.1) is 18.2 Å². The zero-order valence-corrected chi connectivity index (χ0v) is 12.5. The summed E-state index contributed by atoms with van der Waals surface area (Å²) in [6.07, 6.45) is -2.19. The Labute approximate surface area is 132 Å². The predicted molar refractivity (Wildman–Crippen MR) is 78.4 cm³/mol. The molecule has 0 aliphatic heterocycles. The van der Waals surface area contributed by atoms with Gasteiger partial charge in [0, 0.05) is 6.04 Å². The van der Waals surface area contributed by atoms with E-state index in [0.29, 0.717) is 6.42 Å². The number of hydrogen-bond acceptors (Lipinski definition) is 3. The quantitative estimate of drug-likeness (QED) is 0.818. The molecule has 7 heteroatoms. The van der Waals surface area contributed by atoms with E-state index >= 15 is 0 Å². The van der Waals surface area contributed by atoms with E-state index in [1.165, 1.54) is 12.1 Å². The van der Waals surface area contributed by atoms with Crippen LogP contribution in [-0.2, 0) is 11.0 Å².